The number of hydrogen-bond acceptors (Lipinski definition) is 4. The van der Waals surface area contributed by atoms with Crippen LogP contribution in [-0.2, 0) is 0 Å². The van der Waals surface area contributed by atoms with Crippen LogP contribution in [0.25, 0.3) is 0 Å². The van der Waals surface area contributed by atoms with Gasteiger partial charge in [-0.05, 0) is 24.6 Å². The molecule has 18 heavy (non-hydrogen) atoms. The highest BCUT2D eigenvalue weighted by Crippen LogP contribution is 2.39. The van der Waals surface area contributed by atoms with Gasteiger partial charge in [0.1, 0.15) is 0 Å². The van der Waals surface area contributed by atoms with Gasteiger partial charge in [-0.25, -0.2) is 0 Å². The highest BCUT2D eigenvalue weighted by Gasteiger charge is 2.19. The molecule has 1 unspecified atom stereocenters. The molecule has 0 heterocycles. The summed E-state index contributed by atoms with van der Waals surface area (Å²) < 4.78 is 10.4. The molecule has 1 atom stereocenters. The second kappa shape index (κ2) is 7.46. The molecule has 0 saturated heterocycles. The molecule has 0 amide bonds. The van der Waals surface area contributed by atoms with E-state index in [9.17, 15) is 5.11 Å². The van der Waals surface area contributed by atoms with E-state index < -0.39 is 0 Å². The molecule has 1 aromatic rings. The summed E-state index contributed by atoms with van der Waals surface area (Å²) in [6, 6.07) is 3.43. The van der Waals surface area contributed by atoms with Gasteiger partial charge in [0, 0.05) is 0 Å². The predicted molar refractivity (Wildman–Crippen MR) is 72.7 cm³/mol. The molecule has 0 radical (unpaired) electrons. The summed E-state index contributed by atoms with van der Waals surface area (Å²) in [6.45, 7) is 2.86. The topological polar surface area (TPSA) is 50.7 Å². The van der Waals surface area contributed by atoms with Crippen LogP contribution in [0.15, 0.2) is 12.1 Å². The van der Waals surface area contributed by atoms with E-state index in [0.29, 0.717) is 16.5 Å². The maximum absolute atomic E-state index is 9.43. The molecule has 102 valence electrons. The van der Waals surface area contributed by atoms with Crippen molar-refractivity contribution in [3.05, 3.63) is 22.7 Å². The molecular formula is C13H20ClNO3. The normalized spacial score (nSPS) is 12.3. The number of nitrogens with one attached hydrogen (secondary N) is 1. The number of aliphatic hydroxyl groups excluding tert-OH is 1. The standard InChI is InChI=1S/C13H20ClNO3/c1-4-7-15-10(8-16)9-5-6-11(17-2)13(18-3)12(9)14/h5-6,10,15-16H,4,7-8H2,1-3H3. The Hall–Kier alpha value is -0.970. The van der Waals surface area contributed by atoms with Gasteiger partial charge in [0.25, 0.3) is 0 Å². The Kier molecular flexibility index (Phi) is 6.25. The largest absolute Gasteiger partial charge is 0.493 e. The number of hydrogen-bond donors (Lipinski definition) is 2. The molecule has 4 nitrogen and oxygen atoms in total. The molecule has 1 rings (SSSR count). The minimum Gasteiger partial charge on any atom is -0.493 e. The predicted octanol–water partition coefficient (Wildman–Crippen LogP) is 2.39. The van der Waals surface area contributed by atoms with Crippen molar-refractivity contribution >= 4 is 11.6 Å². The van der Waals surface area contributed by atoms with Crippen molar-refractivity contribution in [3.63, 3.8) is 0 Å². The fraction of sp³-hybridized carbons (Fsp3) is 0.538. The summed E-state index contributed by atoms with van der Waals surface area (Å²) in [5.41, 5.74) is 0.810. The number of rotatable bonds is 7. The fourth-order valence-corrected chi connectivity index (χ4v) is 2.13. The van der Waals surface area contributed by atoms with Crippen LogP contribution >= 0.6 is 11.6 Å². The summed E-state index contributed by atoms with van der Waals surface area (Å²) in [4.78, 5) is 0. The highest BCUT2D eigenvalue weighted by molar-refractivity contribution is 6.33. The Morgan fingerprint density at radius 2 is 2.06 bits per heavy atom. The lowest BCUT2D eigenvalue weighted by atomic mass is 10.1. The Labute approximate surface area is 113 Å². The first-order valence-corrected chi connectivity index (χ1v) is 6.31. The van der Waals surface area contributed by atoms with Crippen LogP contribution in [0.2, 0.25) is 5.02 Å². The molecule has 5 heteroatoms. The van der Waals surface area contributed by atoms with Crippen molar-refractivity contribution < 1.29 is 14.6 Å². The fourth-order valence-electron chi connectivity index (χ4n) is 1.77. The zero-order chi connectivity index (χ0) is 13.5. The first-order valence-electron chi connectivity index (χ1n) is 5.94. The third-order valence-electron chi connectivity index (χ3n) is 2.71. The van der Waals surface area contributed by atoms with Gasteiger partial charge in [-0.3, -0.25) is 0 Å². The van der Waals surface area contributed by atoms with E-state index in [-0.39, 0.29) is 12.6 Å². The Morgan fingerprint density at radius 3 is 2.56 bits per heavy atom. The van der Waals surface area contributed by atoms with E-state index in [2.05, 4.69) is 12.2 Å². The monoisotopic (exact) mass is 273 g/mol. The number of ether oxygens (including phenoxy) is 2. The first kappa shape index (κ1) is 15.1. The highest BCUT2D eigenvalue weighted by atomic mass is 35.5. The van der Waals surface area contributed by atoms with E-state index in [0.717, 1.165) is 18.5 Å². The zero-order valence-electron chi connectivity index (χ0n) is 11.0. The summed E-state index contributed by atoms with van der Waals surface area (Å²) in [7, 11) is 3.10. The van der Waals surface area contributed by atoms with Crippen molar-refractivity contribution in [1.82, 2.24) is 5.32 Å². The quantitative estimate of drug-likeness (QED) is 0.801. The molecule has 0 spiro atoms. The van der Waals surface area contributed by atoms with Crippen LogP contribution < -0.4 is 14.8 Å². The Bertz CT molecular complexity index is 385. The molecule has 0 aromatic heterocycles. The van der Waals surface area contributed by atoms with E-state index in [4.69, 9.17) is 21.1 Å². The molecule has 1 aromatic carbocycles. The average Bonchev–Trinajstić information content (AvgIpc) is 2.40. The minimum absolute atomic E-state index is 0.0186. The molecular weight excluding hydrogens is 254 g/mol. The number of benzene rings is 1. The van der Waals surface area contributed by atoms with Gasteiger partial charge in [0.2, 0.25) is 0 Å². The molecule has 0 fully saturated rings. The number of methoxy groups -OCH3 is 2. The smallest absolute Gasteiger partial charge is 0.179 e. The number of halogens is 1. The van der Waals surface area contributed by atoms with Gasteiger partial charge >= 0.3 is 0 Å². The van der Waals surface area contributed by atoms with Crippen molar-refractivity contribution in [2.24, 2.45) is 0 Å². The van der Waals surface area contributed by atoms with Crippen molar-refractivity contribution in [3.8, 4) is 11.5 Å². The van der Waals surface area contributed by atoms with Gasteiger partial charge in [-0.1, -0.05) is 24.6 Å². The maximum atomic E-state index is 9.43. The van der Waals surface area contributed by atoms with Crippen LogP contribution in [0.1, 0.15) is 24.9 Å². The van der Waals surface area contributed by atoms with E-state index in [1.54, 1.807) is 20.3 Å². The Balaban J connectivity index is 3.07. The van der Waals surface area contributed by atoms with Gasteiger partial charge in [0.15, 0.2) is 11.5 Å². The Morgan fingerprint density at radius 1 is 1.33 bits per heavy atom. The lowest BCUT2D eigenvalue weighted by Crippen LogP contribution is -2.25. The van der Waals surface area contributed by atoms with Gasteiger partial charge in [0.05, 0.1) is 31.9 Å². The molecule has 0 aliphatic carbocycles. The van der Waals surface area contributed by atoms with E-state index in [1.807, 2.05) is 6.07 Å². The van der Waals surface area contributed by atoms with Crippen LogP contribution in [0, 0.1) is 0 Å². The summed E-state index contributed by atoms with van der Waals surface area (Å²) in [5, 5.41) is 13.1. The second-order valence-corrected chi connectivity index (χ2v) is 4.27. The molecule has 0 aliphatic rings. The minimum atomic E-state index is -0.197. The molecule has 2 N–H and O–H groups in total. The number of aliphatic hydroxyl groups is 1. The molecule has 0 bridgehead atoms. The second-order valence-electron chi connectivity index (χ2n) is 3.89. The first-order chi connectivity index (χ1) is 8.69. The van der Waals surface area contributed by atoms with Crippen molar-refractivity contribution in [2.45, 2.75) is 19.4 Å². The third-order valence-corrected chi connectivity index (χ3v) is 3.10. The average molecular weight is 274 g/mol. The van der Waals surface area contributed by atoms with Crippen molar-refractivity contribution in [1.29, 1.82) is 0 Å². The van der Waals surface area contributed by atoms with Gasteiger partial charge in [-0.15, -0.1) is 0 Å². The molecule has 0 aliphatic heterocycles. The summed E-state index contributed by atoms with van der Waals surface area (Å²) in [6.07, 6.45) is 0.988. The van der Waals surface area contributed by atoms with Crippen molar-refractivity contribution in [2.75, 3.05) is 27.4 Å². The van der Waals surface area contributed by atoms with Crippen LogP contribution in [0.3, 0.4) is 0 Å². The lowest BCUT2D eigenvalue weighted by molar-refractivity contribution is 0.244. The van der Waals surface area contributed by atoms with Crippen LogP contribution in [0.5, 0.6) is 11.5 Å². The maximum Gasteiger partial charge on any atom is 0.179 e. The van der Waals surface area contributed by atoms with Crippen LogP contribution in [-0.4, -0.2) is 32.5 Å². The molecule has 0 saturated carbocycles. The summed E-state index contributed by atoms with van der Waals surface area (Å²) in [5.74, 6) is 1.08. The zero-order valence-corrected chi connectivity index (χ0v) is 11.8. The summed E-state index contributed by atoms with van der Waals surface area (Å²) >= 11 is 6.29. The van der Waals surface area contributed by atoms with Gasteiger partial charge < -0.3 is 19.9 Å². The van der Waals surface area contributed by atoms with Crippen LogP contribution in [0.4, 0.5) is 0 Å². The lowest BCUT2D eigenvalue weighted by Gasteiger charge is -2.20. The van der Waals surface area contributed by atoms with E-state index >= 15 is 0 Å². The van der Waals surface area contributed by atoms with E-state index in [1.165, 1.54) is 0 Å². The SMILES string of the molecule is CCCNC(CO)c1ccc(OC)c(OC)c1Cl. The third kappa shape index (κ3) is 3.28. The van der Waals surface area contributed by atoms with Gasteiger partial charge in [-0.2, -0.15) is 0 Å².